The molecule has 5 heteroatoms. The molecule has 0 atom stereocenters. The third-order valence-corrected chi connectivity index (χ3v) is 3.95. The molecule has 20 heavy (non-hydrogen) atoms. The lowest BCUT2D eigenvalue weighted by molar-refractivity contribution is 0.00578. The smallest absolute Gasteiger partial charge is 0.400 e. The molecule has 2 rings (SSSR count). The maximum absolute atomic E-state index is 5.91. The van der Waals surface area contributed by atoms with Gasteiger partial charge in [-0.05, 0) is 45.4 Å². The maximum Gasteiger partial charge on any atom is 0.487 e. The van der Waals surface area contributed by atoms with Crippen LogP contribution in [0.1, 0.15) is 33.3 Å². The normalized spacial score (nSPS) is 20.6. The van der Waals surface area contributed by atoms with Crippen LogP contribution in [-0.2, 0) is 9.31 Å². The van der Waals surface area contributed by atoms with E-state index in [-0.39, 0.29) is 18.3 Å². The Labute approximate surface area is 121 Å². The molecule has 108 valence electrons. The monoisotopic (exact) mass is 274 g/mol. The van der Waals surface area contributed by atoms with Crippen molar-refractivity contribution >= 4 is 19.0 Å². The number of hydrogen-bond donors (Lipinski definition) is 0. The zero-order valence-corrected chi connectivity index (χ0v) is 13.2. The fourth-order valence-corrected chi connectivity index (χ4v) is 1.92. The van der Waals surface area contributed by atoms with Crippen LogP contribution in [0.2, 0.25) is 0 Å². The average Bonchev–Trinajstić information content (AvgIpc) is 2.56. The Bertz CT molecular complexity index is 479. The highest BCUT2D eigenvalue weighted by atomic mass is 16.7. The van der Waals surface area contributed by atoms with Crippen LogP contribution in [0.15, 0.2) is 24.3 Å². The molecule has 0 unspecified atom stereocenters. The fourth-order valence-electron chi connectivity index (χ4n) is 1.92. The zero-order valence-electron chi connectivity index (χ0n) is 13.2. The van der Waals surface area contributed by atoms with Gasteiger partial charge in [0.1, 0.15) is 5.82 Å². The summed E-state index contributed by atoms with van der Waals surface area (Å²) in [7, 11) is 3.64. The lowest BCUT2D eigenvalue weighted by Gasteiger charge is -2.32. The molecule has 0 N–H and O–H groups in total. The summed E-state index contributed by atoms with van der Waals surface area (Å²) in [5, 5.41) is 0. The van der Waals surface area contributed by atoms with Gasteiger partial charge in [0, 0.05) is 20.3 Å². The summed E-state index contributed by atoms with van der Waals surface area (Å²) in [6.07, 6.45) is 3.83. The molecule has 0 amide bonds. The van der Waals surface area contributed by atoms with Crippen LogP contribution in [0.3, 0.4) is 0 Å². The maximum atomic E-state index is 5.91. The van der Waals surface area contributed by atoms with E-state index in [9.17, 15) is 0 Å². The minimum atomic E-state index is -0.312. The molecule has 0 spiro atoms. The molecular weight excluding hydrogens is 251 g/mol. The van der Waals surface area contributed by atoms with E-state index in [2.05, 4.69) is 4.98 Å². The van der Waals surface area contributed by atoms with Crippen LogP contribution in [0.4, 0.5) is 5.82 Å². The van der Waals surface area contributed by atoms with Crippen molar-refractivity contribution in [1.29, 1.82) is 0 Å². The number of hydrogen-bond acceptors (Lipinski definition) is 4. The van der Waals surface area contributed by atoms with Crippen LogP contribution >= 0.6 is 0 Å². The second-order valence-corrected chi connectivity index (χ2v) is 6.33. The quantitative estimate of drug-likeness (QED) is 0.794. The molecule has 0 radical (unpaired) electrons. The molecule has 1 aliphatic heterocycles. The van der Waals surface area contributed by atoms with Crippen molar-refractivity contribution in [3.63, 3.8) is 0 Å². The second kappa shape index (κ2) is 5.22. The van der Waals surface area contributed by atoms with Gasteiger partial charge >= 0.3 is 7.12 Å². The number of rotatable bonds is 3. The molecular formula is C15H23BN2O2. The van der Waals surface area contributed by atoms with Gasteiger partial charge < -0.3 is 14.2 Å². The number of anilines is 1. The minimum absolute atomic E-state index is 0.297. The van der Waals surface area contributed by atoms with Crippen LogP contribution in [0.5, 0.6) is 0 Å². The Hall–Kier alpha value is -1.33. The summed E-state index contributed by atoms with van der Waals surface area (Å²) in [6, 6.07) is 4.02. The van der Waals surface area contributed by atoms with Crippen LogP contribution in [0, 0.1) is 0 Å². The van der Waals surface area contributed by atoms with E-state index in [0.717, 1.165) is 11.4 Å². The van der Waals surface area contributed by atoms with Gasteiger partial charge in [0.25, 0.3) is 0 Å². The Morgan fingerprint density at radius 2 is 1.70 bits per heavy atom. The Morgan fingerprint density at radius 1 is 1.10 bits per heavy atom. The molecule has 0 aromatic carbocycles. The molecule has 0 saturated carbocycles. The number of aromatic nitrogens is 1. The van der Waals surface area contributed by atoms with E-state index >= 15 is 0 Å². The first-order valence-corrected chi connectivity index (χ1v) is 6.88. The average molecular weight is 274 g/mol. The van der Waals surface area contributed by atoms with Crippen molar-refractivity contribution in [3.05, 3.63) is 29.9 Å². The van der Waals surface area contributed by atoms with Crippen molar-refractivity contribution < 1.29 is 9.31 Å². The third kappa shape index (κ3) is 3.05. The van der Waals surface area contributed by atoms with Crippen LogP contribution in [0.25, 0.3) is 6.08 Å². The highest BCUT2D eigenvalue weighted by Crippen LogP contribution is 2.36. The SMILES string of the molecule is CN(C)c1ccc(C=CB2OC(C)(C)C(C)(C)O2)cn1. The molecule has 4 nitrogen and oxygen atoms in total. The number of pyridine rings is 1. The second-order valence-electron chi connectivity index (χ2n) is 6.33. The van der Waals surface area contributed by atoms with Gasteiger partial charge in [-0.25, -0.2) is 4.98 Å². The van der Waals surface area contributed by atoms with Crippen molar-refractivity contribution in [2.75, 3.05) is 19.0 Å². The number of nitrogens with zero attached hydrogens (tertiary/aromatic N) is 2. The van der Waals surface area contributed by atoms with Crippen molar-refractivity contribution in [2.45, 2.75) is 38.9 Å². The van der Waals surface area contributed by atoms with Gasteiger partial charge in [-0.3, -0.25) is 0 Å². The Balaban J connectivity index is 2.04. The summed E-state index contributed by atoms with van der Waals surface area (Å²) in [4.78, 5) is 6.35. The first kappa shape index (κ1) is 15.1. The molecule has 0 aliphatic carbocycles. The Kier molecular flexibility index (Phi) is 3.94. The first-order chi connectivity index (χ1) is 9.21. The third-order valence-electron chi connectivity index (χ3n) is 3.95. The van der Waals surface area contributed by atoms with Gasteiger partial charge in [0.05, 0.1) is 11.2 Å². The topological polar surface area (TPSA) is 34.6 Å². The fraction of sp³-hybridized carbons (Fsp3) is 0.533. The summed E-state index contributed by atoms with van der Waals surface area (Å²) in [5.74, 6) is 2.88. The van der Waals surface area contributed by atoms with Crippen LogP contribution < -0.4 is 4.90 Å². The summed E-state index contributed by atoms with van der Waals surface area (Å²) in [5.41, 5.74) is 0.440. The highest BCUT2D eigenvalue weighted by Gasteiger charge is 2.49. The molecule has 1 aliphatic rings. The largest absolute Gasteiger partial charge is 0.487 e. The van der Waals surface area contributed by atoms with Crippen molar-refractivity contribution in [2.24, 2.45) is 0 Å². The molecule has 1 aromatic rings. The van der Waals surface area contributed by atoms with Gasteiger partial charge in [0.2, 0.25) is 0 Å². The predicted molar refractivity (Wildman–Crippen MR) is 83.7 cm³/mol. The first-order valence-electron chi connectivity index (χ1n) is 6.88. The van der Waals surface area contributed by atoms with Gasteiger partial charge in [-0.15, -0.1) is 0 Å². The predicted octanol–water partition coefficient (Wildman–Crippen LogP) is 2.79. The zero-order chi connectivity index (χ0) is 15.0. The minimum Gasteiger partial charge on any atom is -0.400 e. The van der Waals surface area contributed by atoms with E-state index < -0.39 is 0 Å². The summed E-state index contributed by atoms with van der Waals surface area (Å²) < 4.78 is 11.8. The lowest BCUT2D eigenvalue weighted by atomic mass is 9.89. The van der Waals surface area contributed by atoms with Crippen molar-refractivity contribution in [3.8, 4) is 0 Å². The molecule has 1 aromatic heterocycles. The highest BCUT2D eigenvalue weighted by molar-refractivity contribution is 6.52. The van der Waals surface area contributed by atoms with E-state index in [4.69, 9.17) is 9.31 Å². The van der Waals surface area contributed by atoms with Gasteiger partial charge in [-0.2, -0.15) is 0 Å². The van der Waals surface area contributed by atoms with Gasteiger partial charge in [-0.1, -0.05) is 12.1 Å². The standard InChI is InChI=1S/C15H23BN2O2/c1-14(2)15(3,4)20-16(19-14)10-9-12-7-8-13(17-11-12)18(5)6/h7-11H,1-6H3. The van der Waals surface area contributed by atoms with E-state index in [1.54, 1.807) is 0 Å². The van der Waals surface area contributed by atoms with Gasteiger partial charge in [0.15, 0.2) is 0 Å². The molecule has 1 saturated heterocycles. The summed E-state index contributed by atoms with van der Waals surface area (Å²) >= 11 is 0. The van der Waals surface area contributed by atoms with E-state index in [1.807, 2.05) is 77.1 Å². The lowest BCUT2D eigenvalue weighted by Crippen LogP contribution is -2.41. The molecule has 2 heterocycles. The van der Waals surface area contributed by atoms with Crippen molar-refractivity contribution in [1.82, 2.24) is 4.98 Å². The Morgan fingerprint density at radius 3 is 2.15 bits per heavy atom. The molecule has 0 bridgehead atoms. The summed E-state index contributed by atoms with van der Waals surface area (Å²) in [6.45, 7) is 8.20. The van der Waals surface area contributed by atoms with Crippen LogP contribution in [-0.4, -0.2) is 37.4 Å². The van der Waals surface area contributed by atoms with E-state index in [0.29, 0.717) is 0 Å². The van der Waals surface area contributed by atoms with E-state index in [1.165, 1.54) is 0 Å². The molecule has 1 fully saturated rings.